The van der Waals surface area contributed by atoms with Gasteiger partial charge in [-0.25, -0.2) is 4.98 Å². The number of aromatic nitrogens is 3. The molecular formula is C10H9N3O2S. The van der Waals surface area contributed by atoms with E-state index >= 15 is 0 Å². The maximum absolute atomic E-state index is 11.6. The first kappa shape index (κ1) is 10.7. The molecule has 0 fully saturated rings. The van der Waals surface area contributed by atoms with Crippen LogP contribution in [0.4, 0.5) is 0 Å². The van der Waals surface area contributed by atoms with E-state index in [0.29, 0.717) is 10.9 Å². The lowest BCUT2D eigenvalue weighted by atomic mass is 10.3. The molecule has 0 amide bonds. The van der Waals surface area contributed by atoms with Crippen LogP contribution in [-0.4, -0.2) is 26.5 Å². The Bertz CT molecular complexity index is 533. The highest BCUT2D eigenvalue weighted by atomic mass is 32.2. The van der Waals surface area contributed by atoms with Crippen LogP contribution in [0.1, 0.15) is 10.5 Å². The highest BCUT2D eigenvalue weighted by molar-refractivity contribution is 7.99. The van der Waals surface area contributed by atoms with Crippen LogP contribution < -0.4 is 5.56 Å². The molecule has 0 aliphatic rings. The molecule has 0 aromatic carbocycles. The van der Waals surface area contributed by atoms with Crippen LogP contribution in [0.25, 0.3) is 0 Å². The van der Waals surface area contributed by atoms with Crippen molar-refractivity contribution in [1.82, 2.24) is 15.0 Å². The van der Waals surface area contributed by atoms with Crippen LogP contribution in [0.5, 0.6) is 0 Å². The summed E-state index contributed by atoms with van der Waals surface area (Å²) in [7, 11) is 0. The van der Waals surface area contributed by atoms with Gasteiger partial charge < -0.3 is 9.97 Å². The van der Waals surface area contributed by atoms with Gasteiger partial charge in [-0.15, -0.1) is 0 Å². The number of nitrogens with one attached hydrogen (secondary N) is 2. The van der Waals surface area contributed by atoms with Crippen LogP contribution in [0.15, 0.2) is 40.5 Å². The van der Waals surface area contributed by atoms with Crippen molar-refractivity contribution in [2.75, 3.05) is 5.75 Å². The zero-order valence-electron chi connectivity index (χ0n) is 8.27. The number of rotatable bonds is 4. The van der Waals surface area contributed by atoms with E-state index in [4.69, 9.17) is 0 Å². The van der Waals surface area contributed by atoms with Crippen LogP contribution >= 0.6 is 11.8 Å². The predicted octanol–water partition coefficient (Wildman–Crippen LogP) is 1.07. The lowest BCUT2D eigenvalue weighted by Gasteiger charge is -1.98. The summed E-state index contributed by atoms with van der Waals surface area (Å²) in [6, 6.07) is 4.81. The second kappa shape index (κ2) is 4.80. The minimum absolute atomic E-state index is 0.0264. The number of aromatic amines is 2. The van der Waals surface area contributed by atoms with Gasteiger partial charge in [0.1, 0.15) is 0 Å². The Morgan fingerprint density at radius 3 is 3.00 bits per heavy atom. The first-order chi connectivity index (χ1) is 7.75. The van der Waals surface area contributed by atoms with Gasteiger partial charge in [-0.3, -0.25) is 9.59 Å². The molecule has 16 heavy (non-hydrogen) atoms. The number of nitrogens with zero attached hydrogens (tertiary/aromatic N) is 1. The topological polar surface area (TPSA) is 78.6 Å². The number of hydrogen-bond donors (Lipinski definition) is 2. The Labute approximate surface area is 95.3 Å². The molecule has 2 aromatic rings. The van der Waals surface area contributed by atoms with Crippen molar-refractivity contribution in [3.05, 3.63) is 46.6 Å². The summed E-state index contributed by atoms with van der Waals surface area (Å²) < 4.78 is 0. The molecule has 2 heterocycles. The van der Waals surface area contributed by atoms with Gasteiger partial charge in [0, 0.05) is 18.5 Å². The number of hydrogen-bond acceptors (Lipinski definition) is 4. The number of ketones is 1. The van der Waals surface area contributed by atoms with Gasteiger partial charge in [-0.2, -0.15) is 0 Å². The van der Waals surface area contributed by atoms with E-state index in [9.17, 15) is 9.59 Å². The van der Waals surface area contributed by atoms with E-state index in [1.807, 2.05) is 0 Å². The molecule has 82 valence electrons. The molecule has 0 radical (unpaired) electrons. The standard InChI is InChI=1S/C10H9N3O2S/c14-8(7-2-1-4-11-7)6-16-10-12-5-3-9(15)13-10/h1-5,11H,6H2,(H,12,13,15). The van der Waals surface area contributed by atoms with Crippen LogP contribution in [0.3, 0.4) is 0 Å². The Kier molecular flexibility index (Phi) is 3.21. The molecule has 0 unspecified atom stereocenters. The van der Waals surface area contributed by atoms with Crippen molar-refractivity contribution in [1.29, 1.82) is 0 Å². The lowest BCUT2D eigenvalue weighted by molar-refractivity contribution is 0.101. The van der Waals surface area contributed by atoms with Crippen molar-refractivity contribution in [3.63, 3.8) is 0 Å². The van der Waals surface area contributed by atoms with Gasteiger partial charge in [0.05, 0.1) is 11.4 Å². The Morgan fingerprint density at radius 1 is 1.44 bits per heavy atom. The number of carbonyl (C=O) groups excluding carboxylic acids is 1. The van der Waals surface area contributed by atoms with Crippen LogP contribution in [0.2, 0.25) is 0 Å². The van der Waals surface area contributed by atoms with Gasteiger partial charge in [-0.1, -0.05) is 11.8 Å². The van der Waals surface area contributed by atoms with Crippen molar-refractivity contribution in [2.24, 2.45) is 0 Å². The Morgan fingerprint density at radius 2 is 2.31 bits per heavy atom. The van der Waals surface area contributed by atoms with E-state index in [1.54, 1.807) is 18.3 Å². The molecule has 2 rings (SSSR count). The van der Waals surface area contributed by atoms with Crippen LogP contribution in [0, 0.1) is 0 Å². The molecule has 0 aliphatic carbocycles. The SMILES string of the molecule is O=C(CSc1nccc(=O)[nH]1)c1ccc[nH]1. The molecule has 0 atom stereocenters. The number of Topliss-reactive ketones (excluding diaryl/α,β-unsaturated/α-hetero) is 1. The highest BCUT2D eigenvalue weighted by Crippen LogP contribution is 2.12. The third kappa shape index (κ3) is 2.60. The van der Waals surface area contributed by atoms with Gasteiger partial charge in [-0.05, 0) is 12.1 Å². The van der Waals surface area contributed by atoms with E-state index in [0.717, 1.165) is 0 Å². The molecule has 0 saturated heterocycles. The van der Waals surface area contributed by atoms with E-state index in [1.165, 1.54) is 24.0 Å². The predicted molar refractivity (Wildman–Crippen MR) is 60.7 cm³/mol. The number of H-pyrrole nitrogens is 2. The summed E-state index contributed by atoms with van der Waals surface area (Å²) in [6.45, 7) is 0. The molecule has 2 N–H and O–H groups in total. The normalized spacial score (nSPS) is 10.2. The third-order valence-electron chi connectivity index (χ3n) is 1.89. The maximum atomic E-state index is 11.6. The van der Waals surface area contributed by atoms with Gasteiger partial charge in [0.15, 0.2) is 10.9 Å². The van der Waals surface area contributed by atoms with E-state index < -0.39 is 0 Å². The Balaban J connectivity index is 1.98. The minimum atomic E-state index is -0.218. The van der Waals surface area contributed by atoms with Gasteiger partial charge in [0.25, 0.3) is 5.56 Å². The summed E-state index contributed by atoms with van der Waals surface area (Å²) in [5.41, 5.74) is 0.343. The van der Waals surface area contributed by atoms with Gasteiger partial charge >= 0.3 is 0 Å². The fourth-order valence-electron chi connectivity index (χ4n) is 1.14. The fraction of sp³-hybridized carbons (Fsp3) is 0.100. The zero-order chi connectivity index (χ0) is 11.4. The number of carbonyl (C=O) groups is 1. The lowest BCUT2D eigenvalue weighted by Crippen LogP contribution is -2.08. The monoisotopic (exact) mass is 235 g/mol. The Hall–Kier alpha value is -1.82. The van der Waals surface area contributed by atoms with Crippen molar-refractivity contribution >= 4 is 17.5 Å². The number of thioether (sulfide) groups is 1. The van der Waals surface area contributed by atoms with E-state index in [-0.39, 0.29) is 17.1 Å². The smallest absolute Gasteiger partial charge is 0.251 e. The second-order valence-electron chi connectivity index (χ2n) is 3.03. The molecule has 2 aromatic heterocycles. The molecule has 0 saturated carbocycles. The van der Waals surface area contributed by atoms with Gasteiger partial charge in [0.2, 0.25) is 0 Å². The molecule has 5 nitrogen and oxygen atoms in total. The average molecular weight is 235 g/mol. The first-order valence-corrected chi connectivity index (χ1v) is 5.59. The molecule has 0 bridgehead atoms. The van der Waals surface area contributed by atoms with Crippen LogP contribution in [-0.2, 0) is 0 Å². The first-order valence-electron chi connectivity index (χ1n) is 4.60. The third-order valence-corrected chi connectivity index (χ3v) is 2.77. The summed E-state index contributed by atoms with van der Waals surface area (Å²) >= 11 is 1.20. The zero-order valence-corrected chi connectivity index (χ0v) is 9.08. The van der Waals surface area contributed by atoms with E-state index in [2.05, 4.69) is 15.0 Å². The van der Waals surface area contributed by atoms with Crippen molar-refractivity contribution < 1.29 is 4.79 Å². The van der Waals surface area contributed by atoms with Crippen molar-refractivity contribution in [2.45, 2.75) is 5.16 Å². The molecule has 0 aliphatic heterocycles. The maximum Gasteiger partial charge on any atom is 0.251 e. The summed E-state index contributed by atoms with van der Waals surface area (Å²) in [5.74, 6) is 0.217. The summed E-state index contributed by atoms with van der Waals surface area (Å²) in [4.78, 5) is 31.9. The quantitative estimate of drug-likeness (QED) is 0.472. The minimum Gasteiger partial charge on any atom is -0.359 e. The summed E-state index contributed by atoms with van der Waals surface area (Å²) in [5, 5.41) is 0.451. The largest absolute Gasteiger partial charge is 0.359 e. The fourth-order valence-corrected chi connectivity index (χ4v) is 1.87. The molecular weight excluding hydrogens is 226 g/mol. The second-order valence-corrected chi connectivity index (χ2v) is 4.00. The molecule has 6 heteroatoms. The summed E-state index contributed by atoms with van der Waals surface area (Å²) in [6.07, 6.45) is 3.11. The van der Waals surface area contributed by atoms with Crippen molar-refractivity contribution in [3.8, 4) is 0 Å². The highest BCUT2D eigenvalue weighted by Gasteiger charge is 2.07. The molecule has 0 spiro atoms. The average Bonchev–Trinajstić information content (AvgIpc) is 2.79.